The molecule has 0 saturated heterocycles. The van der Waals surface area contributed by atoms with Crippen LogP contribution in [0.5, 0.6) is 0 Å². The van der Waals surface area contributed by atoms with Gasteiger partial charge < -0.3 is 0 Å². The van der Waals surface area contributed by atoms with E-state index in [0.29, 0.717) is 51.6 Å². The van der Waals surface area contributed by atoms with Gasteiger partial charge in [-0.2, -0.15) is 8.42 Å². The van der Waals surface area contributed by atoms with Gasteiger partial charge in [-0.3, -0.25) is 23.7 Å². The summed E-state index contributed by atoms with van der Waals surface area (Å²) in [4.78, 5) is 59.4. The van der Waals surface area contributed by atoms with Crippen LogP contribution >= 0.6 is 0 Å². The number of rotatable bonds is 5. The predicted octanol–water partition coefficient (Wildman–Crippen LogP) is 10.6. The molecule has 4 amide bonds. The van der Waals surface area contributed by atoms with Crippen molar-refractivity contribution in [1.29, 1.82) is 0 Å². The average Bonchev–Trinajstić information content (AvgIpc) is 3.26. The highest BCUT2D eigenvalue weighted by atomic mass is 32.2. The van der Waals surface area contributed by atoms with Crippen LogP contribution in [0.3, 0.4) is 0 Å². The van der Waals surface area contributed by atoms with E-state index in [1.54, 1.807) is 12.1 Å². The molecule has 0 bridgehead atoms. The number of nitrogens with zero attached hydrogens (tertiary/aromatic N) is 2. The van der Waals surface area contributed by atoms with Crippen LogP contribution in [0.25, 0.3) is 75.4 Å². The molecular weight excluding hydrogens is 773 g/mol. The van der Waals surface area contributed by atoms with Gasteiger partial charge in [0.2, 0.25) is 0 Å². The SMILES string of the molecule is CCc1cccc(CC)c1N1C(=O)c2ccc3c4ccc5c6ccc7c8c(ccc(c9ccc(c%10ccc(c2c3%10)C1=O)c4c59)c86)C(=O)N(c1cccc(S(=O)(=O)O)c1)C7=O. The minimum Gasteiger partial charge on any atom is -0.282 e. The summed E-state index contributed by atoms with van der Waals surface area (Å²) in [5.74, 6) is -1.86. The maximum absolute atomic E-state index is 14.5. The lowest BCUT2D eigenvalue weighted by Crippen LogP contribution is -2.41. The van der Waals surface area contributed by atoms with Crippen molar-refractivity contribution < 1.29 is 32.1 Å². The zero-order valence-corrected chi connectivity index (χ0v) is 32.9. The van der Waals surface area contributed by atoms with E-state index in [-0.39, 0.29) is 17.5 Å². The highest BCUT2D eigenvalue weighted by Crippen LogP contribution is 2.50. The van der Waals surface area contributed by atoms with E-state index in [4.69, 9.17) is 0 Å². The first-order valence-electron chi connectivity index (χ1n) is 19.8. The summed E-state index contributed by atoms with van der Waals surface area (Å²) in [5, 5.41) is 12.4. The summed E-state index contributed by atoms with van der Waals surface area (Å²) in [6.45, 7) is 4.07. The molecule has 0 aromatic heterocycles. The zero-order chi connectivity index (χ0) is 41.1. The smallest absolute Gasteiger partial charge is 0.282 e. The first-order valence-corrected chi connectivity index (χ1v) is 21.2. The molecule has 0 spiro atoms. The van der Waals surface area contributed by atoms with E-state index in [9.17, 15) is 32.1 Å². The van der Waals surface area contributed by atoms with E-state index >= 15 is 0 Å². The van der Waals surface area contributed by atoms with Crippen LogP contribution in [-0.4, -0.2) is 36.6 Å². The summed E-state index contributed by atoms with van der Waals surface area (Å²) < 4.78 is 33.6. The van der Waals surface area contributed by atoms with E-state index in [2.05, 4.69) is 24.3 Å². The first-order chi connectivity index (χ1) is 29.0. The molecule has 0 aliphatic carbocycles. The van der Waals surface area contributed by atoms with Gasteiger partial charge in [0.05, 0.1) is 16.3 Å². The van der Waals surface area contributed by atoms with Gasteiger partial charge in [-0.05, 0) is 131 Å². The molecule has 2 aliphatic heterocycles. The van der Waals surface area contributed by atoms with Crippen LogP contribution in [0.15, 0.2) is 120 Å². The van der Waals surface area contributed by atoms with Crippen molar-refractivity contribution in [1.82, 2.24) is 0 Å². The van der Waals surface area contributed by atoms with Crippen molar-refractivity contribution in [2.24, 2.45) is 0 Å². The number of hydrogen-bond donors (Lipinski definition) is 1. The number of fused-ring (bicyclic) bond motifs is 4. The van der Waals surface area contributed by atoms with Crippen LogP contribution in [0.2, 0.25) is 0 Å². The number of hydrogen-bond acceptors (Lipinski definition) is 6. The first kappa shape index (κ1) is 34.7. The molecule has 1 N–H and O–H groups in total. The second-order valence-electron chi connectivity index (χ2n) is 15.7. The molecule has 0 radical (unpaired) electrons. The Bertz CT molecular complexity index is 3620. The average molecular weight is 803 g/mol. The van der Waals surface area contributed by atoms with Crippen molar-refractivity contribution in [3.63, 3.8) is 0 Å². The third-order valence-corrected chi connectivity index (χ3v) is 13.8. The molecule has 2 aliphatic rings. The Morgan fingerprint density at radius 1 is 0.433 bits per heavy atom. The molecule has 0 unspecified atom stereocenters. The number of benzene rings is 10. The van der Waals surface area contributed by atoms with Gasteiger partial charge in [-0.15, -0.1) is 0 Å². The van der Waals surface area contributed by atoms with Gasteiger partial charge in [0.15, 0.2) is 0 Å². The molecular formula is C50H30N2O7S. The van der Waals surface area contributed by atoms with Crippen LogP contribution in [0.1, 0.15) is 66.4 Å². The second-order valence-corrected chi connectivity index (χ2v) is 17.1. The largest absolute Gasteiger partial charge is 0.294 e. The lowest BCUT2D eigenvalue weighted by atomic mass is 9.80. The highest BCUT2D eigenvalue weighted by Gasteiger charge is 2.38. The highest BCUT2D eigenvalue weighted by molar-refractivity contribution is 7.85. The third-order valence-electron chi connectivity index (χ3n) is 12.9. The van der Waals surface area contributed by atoms with Crippen LogP contribution in [-0.2, 0) is 23.0 Å². The summed E-state index contributed by atoms with van der Waals surface area (Å²) in [6.07, 6.45) is 1.36. The maximum Gasteiger partial charge on any atom is 0.294 e. The Morgan fingerprint density at radius 2 is 0.767 bits per heavy atom. The third kappa shape index (κ3) is 4.21. The van der Waals surface area contributed by atoms with E-state index in [1.165, 1.54) is 23.1 Å². The Balaban J connectivity index is 1.09. The number of anilines is 2. The predicted molar refractivity (Wildman–Crippen MR) is 235 cm³/mol. The molecule has 10 aromatic rings. The minimum absolute atomic E-state index is 0.0304. The topological polar surface area (TPSA) is 129 Å². The number of carbonyl (C=O) groups excluding carboxylic acids is 4. The standard InChI is InChI=1S/C50H30N2O7S/c1-3-24-7-5-8-25(4-2)46(24)52-49(55)38-21-17-34-30-13-11-28-32-15-19-36-44-37(48(54)51(47(36)53)26-9-6-10-27(23-26)60(57,58)59)20-16-33(42(32)44)29-12-14-31(41(30)40(28)29)35-18-22-39(50(52)56)45(38)43(34)35/h5-23H,3-4H2,1-2H3,(H,57,58,59). The van der Waals surface area contributed by atoms with Crippen LogP contribution in [0.4, 0.5) is 11.4 Å². The number of para-hydroxylation sites is 1. The van der Waals surface area contributed by atoms with Gasteiger partial charge in [-0.25, -0.2) is 9.80 Å². The van der Waals surface area contributed by atoms with Gasteiger partial charge >= 0.3 is 0 Å². The second kappa shape index (κ2) is 11.7. The van der Waals surface area contributed by atoms with Crippen molar-refractivity contribution in [2.75, 3.05) is 9.80 Å². The number of imide groups is 2. The lowest BCUT2D eigenvalue weighted by Gasteiger charge is -2.31. The number of amides is 4. The maximum atomic E-state index is 14.5. The number of aryl methyl sites for hydroxylation is 2. The summed E-state index contributed by atoms with van der Waals surface area (Å²) >= 11 is 0. The molecule has 0 atom stereocenters. The van der Waals surface area contributed by atoms with E-state index in [0.717, 1.165) is 86.7 Å². The normalized spacial score (nSPS) is 14.6. The molecule has 0 fully saturated rings. The Morgan fingerprint density at radius 3 is 1.13 bits per heavy atom. The van der Waals surface area contributed by atoms with Gasteiger partial charge in [0.25, 0.3) is 33.7 Å². The monoisotopic (exact) mass is 802 g/mol. The molecule has 288 valence electrons. The molecule has 60 heavy (non-hydrogen) atoms. The quantitative estimate of drug-likeness (QED) is 0.0794. The Hall–Kier alpha value is -7.27. The van der Waals surface area contributed by atoms with Crippen molar-refractivity contribution >= 4 is 121 Å². The molecule has 10 heteroatoms. The molecule has 2 heterocycles. The van der Waals surface area contributed by atoms with Crippen LogP contribution in [0, 0.1) is 0 Å². The minimum atomic E-state index is -4.59. The molecule has 9 nitrogen and oxygen atoms in total. The molecule has 10 aromatic carbocycles. The fraction of sp³-hybridized carbons (Fsp3) is 0.0800. The van der Waals surface area contributed by atoms with Crippen molar-refractivity contribution in [2.45, 2.75) is 31.6 Å². The van der Waals surface area contributed by atoms with Crippen molar-refractivity contribution in [3.05, 3.63) is 149 Å². The number of carbonyl (C=O) groups is 4. The molecule has 0 saturated carbocycles. The van der Waals surface area contributed by atoms with Gasteiger partial charge in [0, 0.05) is 33.0 Å². The van der Waals surface area contributed by atoms with E-state index < -0.39 is 26.8 Å². The summed E-state index contributed by atoms with van der Waals surface area (Å²) in [7, 11) is -4.59. The summed E-state index contributed by atoms with van der Waals surface area (Å²) in [6, 6.07) is 34.4. The molecule has 12 rings (SSSR count). The Kier molecular flexibility index (Phi) is 6.77. The zero-order valence-electron chi connectivity index (χ0n) is 32.1. The summed E-state index contributed by atoms with van der Waals surface area (Å²) in [5.41, 5.74) is 4.20. The van der Waals surface area contributed by atoms with Crippen LogP contribution < -0.4 is 9.80 Å². The van der Waals surface area contributed by atoms with Crippen molar-refractivity contribution in [3.8, 4) is 0 Å². The fourth-order valence-electron chi connectivity index (χ4n) is 10.4. The Labute approximate surface area is 341 Å². The lowest BCUT2D eigenvalue weighted by molar-refractivity contribution is 0.0877. The fourth-order valence-corrected chi connectivity index (χ4v) is 10.9. The van der Waals surface area contributed by atoms with E-state index in [1.807, 2.05) is 68.4 Å². The van der Waals surface area contributed by atoms with Gasteiger partial charge in [0.1, 0.15) is 0 Å². The van der Waals surface area contributed by atoms with Gasteiger partial charge in [-0.1, -0.05) is 86.6 Å².